The van der Waals surface area contributed by atoms with E-state index in [0.717, 1.165) is 5.56 Å². The lowest BCUT2D eigenvalue weighted by Gasteiger charge is -2.15. The predicted octanol–water partition coefficient (Wildman–Crippen LogP) is 4.25. The molecule has 8 heteroatoms. The molecule has 166 valence electrons. The second-order valence-corrected chi connectivity index (χ2v) is 8.19. The number of thioether (sulfide) groups is 1. The average molecular weight is 451 g/mol. The molecule has 1 atom stereocenters. The van der Waals surface area contributed by atoms with Crippen molar-refractivity contribution in [1.82, 2.24) is 20.1 Å². The zero-order valence-electron chi connectivity index (χ0n) is 18.4. The van der Waals surface area contributed by atoms with E-state index >= 15 is 0 Å². The van der Waals surface area contributed by atoms with Crippen LogP contribution in [0.5, 0.6) is 5.75 Å². The first kappa shape index (κ1) is 23.3. The Hall–Kier alpha value is -3.39. The second kappa shape index (κ2) is 10.8. The van der Waals surface area contributed by atoms with Gasteiger partial charge in [0.2, 0.25) is 0 Å². The third kappa shape index (κ3) is 5.64. The van der Waals surface area contributed by atoms with Crippen molar-refractivity contribution in [3.05, 3.63) is 83.7 Å². The minimum atomic E-state index is -0.373. The lowest BCUT2D eigenvalue weighted by molar-refractivity contribution is 0.0936. The van der Waals surface area contributed by atoms with E-state index in [2.05, 4.69) is 22.1 Å². The molecule has 0 aliphatic rings. The van der Waals surface area contributed by atoms with E-state index in [1.54, 1.807) is 43.5 Å². The number of carbonyl (C=O) groups is 2. The highest BCUT2D eigenvalue weighted by Crippen LogP contribution is 2.23. The van der Waals surface area contributed by atoms with Crippen molar-refractivity contribution in [1.29, 1.82) is 0 Å². The van der Waals surface area contributed by atoms with E-state index in [0.29, 0.717) is 34.4 Å². The fraction of sp³-hybridized carbons (Fsp3) is 0.250. The minimum Gasteiger partial charge on any atom is -0.497 e. The molecular formula is C24H26N4O3S. The number of methoxy groups -OCH3 is 1. The maximum Gasteiger partial charge on any atom is 0.251 e. The van der Waals surface area contributed by atoms with Crippen molar-refractivity contribution in [2.45, 2.75) is 31.6 Å². The van der Waals surface area contributed by atoms with Crippen LogP contribution in [-0.2, 0) is 6.54 Å². The van der Waals surface area contributed by atoms with Gasteiger partial charge in [-0.3, -0.25) is 9.59 Å². The van der Waals surface area contributed by atoms with Crippen LogP contribution in [0.25, 0.3) is 0 Å². The number of hydrogen-bond acceptors (Lipinski definition) is 6. The van der Waals surface area contributed by atoms with Gasteiger partial charge in [-0.15, -0.1) is 16.8 Å². The summed E-state index contributed by atoms with van der Waals surface area (Å²) < 4.78 is 6.99. The van der Waals surface area contributed by atoms with Gasteiger partial charge in [0.05, 0.1) is 18.9 Å². The van der Waals surface area contributed by atoms with Gasteiger partial charge in [0, 0.05) is 17.7 Å². The lowest BCUT2D eigenvalue weighted by atomic mass is 10.1. The molecule has 0 bridgehead atoms. The van der Waals surface area contributed by atoms with Gasteiger partial charge in [-0.1, -0.05) is 35.5 Å². The van der Waals surface area contributed by atoms with E-state index in [-0.39, 0.29) is 23.5 Å². The average Bonchev–Trinajstić information content (AvgIpc) is 3.20. The summed E-state index contributed by atoms with van der Waals surface area (Å²) in [6, 6.07) is 14.0. The van der Waals surface area contributed by atoms with Crippen molar-refractivity contribution in [2.24, 2.45) is 0 Å². The first-order valence-electron chi connectivity index (χ1n) is 10.1. The molecule has 0 saturated carbocycles. The fourth-order valence-electron chi connectivity index (χ4n) is 3.15. The quantitative estimate of drug-likeness (QED) is 0.282. The van der Waals surface area contributed by atoms with E-state index in [1.807, 2.05) is 36.6 Å². The van der Waals surface area contributed by atoms with E-state index in [1.165, 1.54) is 11.8 Å². The fourth-order valence-corrected chi connectivity index (χ4v) is 4.00. The number of hydrogen-bond donors (Lipinski definition) is 1. The monoisotopic (exact) mass is 450 g/mol. The van der Waals surface area contributed by atoms with Crippen molar-refractivity contribution in [3.8, 4) is 5.75 Å². The Morgan fingerprint density at radius 2 is 1.94 bits per heavy atom. The molecule has 0 spiro atoms. The Kier molecular flexibility index (Phi) is 7.83. The van der Waals surface area contributed by atoms with Gasteiger partial charge in [-0.2, -0.15) is 0 Å². The molecule has 0 aliphatic heterocycles. The first-order valence-corrected chi connectivity index (χ1v) is 11.1. The smallest absolute Gasteiger partial charge is 0.251 e. The van der Waals surface area contributed by atoms with Gasteiger partial charge < -0.3 is 14.6 Å². The van der Waals surface area contributed by atoms with Crippen LogP contribution in [0.4, 0.5) is 0 Å². The number of rotatable bonds is 10. The standard InChI is InChI=1S/C24H26N4O3S/c1-5-13-28-22(17(3)25-23(30)19-8-6-7-16(2)14-19)26-27-24(28)32-15-21(29)18-9-11-20(31-4)12-10-18/h5-12,14,17H,1,13,15H2,2-4H3,(H,25,30)/t17-/m1/s1. The molecule has 0 radical (unpaired) electrons. The number of aromatic nitrogens is 3. The normalized spacial score (nSPS) is 11.6. The van der Waals surface area contributed by atoms with Gasteiger partial charge in [0.1, 0.15) is 5.75 Å². The Bertz CT molecular complexity index is 1110. The lowest BCUT2D eigenvalue weighted by Crippen LogP contribution is -2.28. The van der Waals surface area contributed by atoms with Gasteiger partial charge >= 0.3 is 0 Å². The maximum absolute atomic E-state index is 12.6. The number of nitrogens with one attached hydrogen (secondary N) is 1. The minimum absolute atomic E-state index is 0.0202. The summed E-state index contributed by atoms with van der Waals surface area (Å²) in [6.07, 6.45) is 1.73. The summed E-state index contributed by atoms with van der Waals surface area (Å²) >= 11 is 1.30. The number of ketones is 1. The van der Waals surface area contributed by atoms with Crippen LogP contribution >= 0.6 is 11.8 Å². The topological polar surface area (TPSA) is 86.1 Å². The van der Waals surface area contributed by atoms with Crippen molar-refractivity contribution < 1.29 is 14.3 Å². The Balaban J connectivity index is 1.70. The number of nitrogens with zero attached hydrogens (tertiary/aromatic N) is 3. The molecule has 1 heterocycles. The third-order valence-corrected chi connectivity index (χ3v) is 5.78. The molecule has 32 heavy (non-hydrogen) atoms. The van der Waals surface area contributed by atoms with E-state index < -0.39 is 0 Å². The molecule has 2 aromatic carbocycles. The molecule has 1 aromatic heterocycles. The number of carbonyl (C=O) groups excluding carboxylic acids is 2. The molecule has 3 aromatic rings. The van der Waals surface area contributed by atoms with Crippen LogP contribution in [0.2, 0.25) is 0 Å². The maximum atomic E-state index is 12.6. The van der Waals surface area contributed by atoms with Crippen LogP contribution in [0.15, 0.2) is 66.3 Å². The van der Waals surface area contributed by atoms with Crippen LogP contribution in [0, 0.1) is 6.92 Å². The molecule has 3 rings (SSSR count). The summed E-state index contributed by atoms with van der Waals surface area (Å²) in [4.78, 5) is 25.2. The van der Waals surface area contributed by atoms with Gasteiger partial charge in [-0.05, 0) is 50.2 Å². The van der Waals surface area contributed by atoms with Gasteiger partial charge in [0.25, 0.3) is 5.91 Å². The molecule has 7 nitrogen and oxygen atoms in total. The van der Waals surface area contributed by atoms with E-state index in [9.17, 15) is 9.59 Å². The molecule has 0 unspecified atom stereocenters. The molecule has 0 saturated heterocycles. The summed E-state index contributed by atoms with van der Waals surface area (Å²) in [5.74, 6) is 1.31. The number of aryl methyl sites for hydroxylation is 1. The molecule has 1 N–H and O–H groups in total. The second-order valence-electron chi connectivity index (χ2n) is 7.25. The number of amides is 1. The predicted molar refractivity (Wildman–Crippen MR) is 125 cm³/mol. The zero-order chi connectivity index (χ0) is 23.1. The number of ether oxygens (including phenoxy) is 1. The van der Waals surface area contributed by atoms with Gasteiger partial charge in [0.15, 0.2) is 16.8 Å². The van der Waals surface area contributed by atoms with Crippen LogP contribution in [0.3, 0.4) is 0 Å². The highest BCUT2D eigenvalue weighted by molar-refractivity contribution is 7.99. The van der Waals surface area contributed by atoms with Gasteiger partial charge in [-0.25, -0.2) is 0 Å². The van der Waals surface area contributed by atoms with E-state index in [4.69, 9.17) is 4.74 Å². The van der Waals surface area contributed by atoms with Crippen molar-refractivity contribution in [3.63, 3.8) is 0 Å². The SMILES string of the molecule is C=CCn1c(SCC(=O)c2ccc(OC)cc2)nnc1[C@@H](C)NC(=O)c1cccc(C)c1. The van der Waals surface area contributed by atoms with Crippen LogP contribution in [-0.4, -0.2) is 39.3 Å². The summed E-state index contributed by atoms with van der Waals surface area (Å²) in [6.45, 7) is 8.06. The number of benzene rings is 2. The Labute approximate surface area is 191 Å². The zero-order valence-corrected chi connectivity index (χ0v) is 19.2. The van der Waals surface area contributed by atoms with Crippen molar-refractivity contribution >= 4 is 23.5 Å². The first-order chi connectivity index (χ1) is 15.4. The largest absolute Gasteiger partial charge is 0.497 e. The Morgan fingerprint density at radius 1 is 1.19 bits per heavy atom. The summed E-state index contributed by atoms with van der Waals surface area (Å²) in [5.41, 5.74) is 2.21. The highest BCUT2D eigenvalue weighted by atomic mass is 32.2. The third-order valence-electron chi connectivity index (χ3n) is 4.82. The van der Waals surface area contributed by atoms with Crippen LogP contribution in [0.1, 0.15) is 45.1 Å². The summed E-state index contributed by atoms with van der Waals surface area (Å²) in [7, 11) is 1.58. The molecule has 1 amide bonds. The Morgan fingerprint density at radius 3 is 2.59 bits per heavy atom. The highest BCUT2D eigenvalue weighted by Gasteiger charge is 2.20. The van der Waals surface area contributed by atoms with Crippen molar-refractivity contribution in [2.75, 3.05) is 12.9 Å². The number of Topliss-reactive ketones (excluding diaryl/α,β-unsaturated/α-hetero) is 1. The molecule has 0 aliphatic carbocycles. The van der Waals surface area contributed by atoms with Crippen LogP contribution < -0.4 is 10.1 Å². The molecular weight excluding hydrogens is 424 g/mol. The molecule has 0 fully saturated rings. The summed E-state index contributed by atoms with van der Waals surface area (Å²) in [5, 5.41) is 12.1. The number of allylic oxidation sites excluding steroid dienone is 1.